The van der Waals surface area contributed by atoms with Gasteiger partial charge in [-0.15, -0.1) is 0 Å². The molecule has 0 atom stereocenters. The number of hydrogen-bond donors (Lipinski definition) is 0. The molecule has 0 amide bonds. The Balaban J connectivity index is 2.57. The van der Waals surface area contributed by atoms with E-state index in [2.05, 4.69) is 4.90 Å². The highest BCUT2D eigenvalue weighted by molar-refractivity contribution is 6.00. The molecule has 1 rings (SSSR count). The second-order valence-electron chi connectivity index (χ2n) is 5.51. The molecule has 1 aromatic carbocycles. The molecule has 0 unspecified atom stereocenters. The molecule has 1 aromatic rings. The van der Waals surface area contributed by atoms with Crippen LogP contribution >= 0.6 is 0 Å². The maximum Gasteiger partial charge on any atom is 0.169 e. The second kappa shape index (κ2) is 7.41. The third-order valence-corrected chi connectivity index (χ3v) is 3.14. The lowest BCUT2D eigenvalue weighted by Crippen LogP contribution is -2.38. The summed E-state index contributed by atoms with van der Waals surface area (Å²) in [6, 6.07) is 9.50. The van der Waals surface area contributed by atoms with Crippen LogP contribution < -0.4 is 0 Å². The lowest BCUT2D eigenvalue weighted by molar-refractivity contribution is 0.0732. The fourth-order valence-corrected chi connectivity index (χ4v) is 2.17. The van der Waals surface area contributed by atoms with E-state index < -0.39 is 0 Å². The maximum atomic E-state index is 12.5. The van der Waals surface area contributed by atoms with Crippen molar-refractivity contribution in [3.05, 3.63) is 35.9 Å². The summed E-state index contributed by atoms with van der Waals surface area (Å²) in [7, 11) is 2.03. The first-order chi connectivity index (χ1) is 8.97. The van der Waals surface area contributed by atoms with Crippen LogP contribution in [-0.2, 0) is 4.74 Å². The van der Waals surface area contributed by atoms with Gasteiger partial charge >= 0.3 is 0 Å². The molecule has 0 saturated heterocycles. The third kappa shape index (κ3) is 5.13. The quantitative estimate of drug-likeness (QED) is 0.533. The largest absolute Gasteiger partial charge is 0.380 e. The SMILES string of the molecule is CCOCCN(C)CC(C)(C)C(=O)c1ccccc1. The number of Topliss-reactive ketones (excluding diaryl/α,β-unsaturated/α-hetero) is 1. The van der Waals surface area contributed by atoms with Crippen LogP contribution in [0.1, 0.15) is 31.1 Å². The van der Waals surface area contributed by atoms with Crippen molar-refractivity contribution in [1.82, 2.24) is 4.90 Å². The van der Waals surface area contributed by atoms with Crippen molar-refractivity contribution < 1.29 is 9.53 Å². The zero-order chi connectivity index (χ0) is 14.3. The maximum absolute atomic E-state index is 12.5. The van der Waals surface area contributed by atoms with E-state index in [1.807, 2.05) is 58.2 Å². The van der Waals surface area contributed by atoms with Gasteiger partial charge in [-0.2, -0.15) is 0 Å². The van der Waals surface area contributed by atoms with Crippen molar-refractivity contribution >= 4 is 5.78 Å². The van der Waals surface area contributed by atoms with E-state index in [0.29, 0.717) is 6.61 Å². The van der Waals surface area contributed by atoms with E-state index in [0.717, 1.165) is 25.3 Å². The number of nitrogens with zero attached hydrogens (tertiary/aromatic N) is 1. The molecule has 3 heteroatoms. The summed E-state index contributed by atoms with van der Waals surface area (Å²) in [4.78, 5) is 14.6. The summed E-state index contributed by atoms with van der Waals surface area (Å²) in [5.41, 5.74) is 0.396. The van der Waals surface area contributed by atoms with E-state index >= 15 is 0 Å². The molecule has 19 heavy (non-hydrogen) atoms. The van der Waals surface area contributed by atoms with Crippen LogP contribution in [0.15, 0.2) is 30.3 Å². The predicted molar refractivity (Wildman–Crippen MR) is 78.5 cm³/mol. The van der Waals surface area contributed by atoms with Gasteiger partial charge < -0.3 is 9.64 Å². The zero-order valence-corrected chi connectivity index (χ0v) is 12.5. The van der Waals surface area contributed by atoms with Gasteiger partial charge in [-0.1, -0.05) is 44.2 Å². The lowest BCUT2D eigenvalue weighted by Gasteiger charge is -2.29. The Hall–Kier alpha value is -1.19. The molecule has 0 fully saturated rings. The van der Waals surface area contributed by atoms with Gasteiger partial charge in [-0.05, 0) is 14.0 Å². The molecule has 0 heterocycles. The van der Waals surface area contributed by atoms with Gasteiger partial charge in [0.1, 0.15) is 0 Å². The number of ketones is 1. The normalized spacial score (nSPS) is 11.8. The van der Waals surface area contributed by atoms with E-state index in [1.165, 1.54) is 0 Å². The first-order valence-electron chi connectivity index (χ1n) is 6.83. The molecule has 0 radical (unpaired) electrons. The molecular weight excluding hydrogens is 238 g/mol. The summed E-state index contributed by atoms with van der Waals surface area (Å²) in [6.45, 7) is 9.01. The molecule has 0 aliphatic carbocycles. The van der Waals surface area contributed by atoms with Gasteiger partial charge in [0.2, 0.25) is 0 Å². The first kappa shape index (κ1) is 15.9. The van der Waals surface area contributed by atoms with Crippen molar-refractivity contribution in [2.45, 2.75) is 20.8 Å². The van der Waals surface area contributed by atoms with Crippen molar-refractivity contribution in [3.63, 3.8) is 0 Å². The summed E-state index contributed by atoms with van der Waals surface area (Å²) in [5, 5.41) is 0. The number of ether oxygens (including phenoxy) is 1. The Morgan fingerprint density at radius 1 is 1.26 bits per heavy atom. The molecule has 0 bridgehead atoms. The third-order valence-electron chi connectivity index (χ3n) is 3.14. The average Bonchev–Trinajstić information content (AvgIpc) is 2.38. The predicted octanol–water partition coefficient (Wildman–Crippen LogP) is 2.86. The topological polar surface area (TPSA) is 29.5 Å². The Morgan fingerprint density at radius 2 is 1.89 bits per heavy atom. The van der Waals surface area contributed by atoms with Crippen LogP contribution in [0.25, 0.3) is 0 Å². The summed E-state index contributed by atoms with van der Waals surface area (Å²) >= 11 is 0. The Kier molecular flexibility index (Phi) is 6.19. The van der Waals surface area contributed by atoms with Crippen molar-refractivity contribution in [3.8, 4) is 0 Å². The molecule has 106 valence electrons. The summed E-state index contributed by atoms with van der Waals surface area (Å²) in [6.07, 6.45) is 0. The highest BCUT2D eigenvalue weighted by atomic mass is 16.5. The standard InChI is InChI=1S/C16H25NO2/c1-5-19-12-11-17(4)13-16(2,3)15(18)14-9-7-6-8-10-14/h6-10H,5,11-13H2,1-4H3. The van der Waals surface area contributed by atoms with Crippen LogP contribution in [0.5, 0.6) is 0 Å². The van der Waals surface area contributed by atoms with Crippen LogP contribution in [0.4, 0.5) is 0 Å². The molecule has 0 saturated carbocycles. The lowest BCUT2D eigenvalue weighted by atomic mass is 9.84. The minimum absolute atomic E-state index is 0.191. The van der Waals surface area contributed by atoms with Crippen molar-refractivity contribution in [1.29, 1.82) is 0 Å². The van der Waals surface area contributed by atoms with Gasteiger partial charge in [-0.25, -0.2) is 0 Å². The monoisotopic (exact) mass is 263 g/mol. The van der Waals surface area contributed by atoms with Gasteiger partial charge in [0.05, 0.1) is 6.61 Å². The molecule has 3 nitrogen and oxygen atoms in total. The molecule has 0 N–H and O–H groups in total. The number of likely N-dealkylation sites (N-methyl/N-ethyl adjacent to an activating group) is 1. The fourth-order valence-electron chi connectivity index (χ4n) is 2.17. The van der Waals surface area contributed by atoms with Crippen LogP contribution in [0.3, 0.4) is 0 Å². The molecule has 0 aromatic heterocycles. The minimum Gasteiger partial charge on any atom is -0.380 e. The van der Waals surface area contributed by atoms with E-state index in [9.17, 15) is 4.79 Å². The second-order valence-corrected chi connectivity index (χ2v) is 5.51. The zero-order valence-electron chi connectivity index (χ0n) is 12.5. The number of carbonyl (C=O) groups is 1. The molecule has 0 aliphatic heterocycles. The van der Waals surface area contributed by atoms with Gasteiger partial charge in [0.15, 0.2) is 5.78 Å². The Bertz CT molecular complexity index is 387. The molecule has 0 aliphatic rings. The highest BCUT2D eigenvalue weighted by Gasteiger charge is 2.29. The molecule has 0 spiro atoms. The van der Waals surface area contributed by atoms with Crippen molar-refractivity contribution in [2.75, 3.05) is 33.4 Å². The fraction of sp³-hybridized carbons (Fsp3) is 0.562. The van der Waals surface area contributed by atoms with Crippen LogP contribution in [0, 0.1) is 5.41 Å². The molecular formula is C16H25NO2. The van der Waals surface area contributed by atoms with Crippen LogP contribution in [0.2, 0.25) is 0 Å². The Labute approximate surface area is 116 Å². The summed E-state index contributed by atoms with van der Waals surface area (Å²) < 4.78 is 5.34. The smallest absolute Gasteiger partial charge is 0.169 e. The Morgan fingerprint density at radius 3 is 2.47 bits per heavy atom. The van der Waals surface area contributed by atoms with E-state index in [4.69, 9.17) is 4.74 Å². The van der Waals surface area contributed by atoms with Gasteiger partial charge in [0.25, 0.3) is 0 Å². The highest BCUT2D eigenvalue weighted by Crippen LogP contribution is 2.22. The minimum atomic E-state index is -0.387. The average molecular weight is 263 g/mol. The van der Waals surface area contributed by atoms with E-state index in [-0.39, 0.29) is 11.2 Å². The summed E-state index contributed by atoms with van der Waals surface area (Å²) in [5.74, 6) is 0.191. The van der Waals surface area contributed by atoms with Crippen molar-refractivity contribution in [2.24, 2.45) is 5.41 Å². The van der Waals surface area contributed by atoms with E-state index in [1.54, 1.807) is 0 Å². The number of rotatable bonds is 8. The number of benzene rings is 1. The van der Waals surface area contributed by atoms with Crippen LogP contribution in [-0.4, -0.2) is 44.0 Å². The van der Waals surface area contributed by atoms with Gasteiger partial charge in [0, 0.05) is 30.7 Å². The number of hydrogen-bond acceptors (Lipinski definition) is 3. The first-order valence-corrected chi connectivity index (χ1v) is 6.83. The van der Waals surface area contributed by atoms with Gasteiger partial charge in [-0.3, -0.25) is 4.79 Å². The number of carbonyl (C=O) groups excluding carboxylic acids is 1.